The maximum Gasteiger partial charge on any atom is 0.316 e. The van der Waals surface area contributed by atoms with Crippen molar-refractivity contribution < 1.29 is 9.59 Å². The minimum atomic E-state index is -0.762. The Kier molecular flexibility index (Phi) is 4.88. The lowest BCUT2D eigenvalue weighted by Gasteiger charge is -2.21. The van der Waals surface area contributed by atoms with Gasteiger partial charge >= 0.3 is 11.8 Å². The summed E-state index contributed by atoms with van der Waals surface area (Å²) in [6.45, 7) is 3.89. The highest BCUT2D eigenvalue weighted by Crippen LogP contribution is 2.19. The van der Waals surface area contributed by atoms with E-state index < -0.39 is 11.8 Å². The van der Waals surface area contributed by atoms with Crippen molar-refractivity contribution in [2.24, 2.45) is 0 Å². The summed E-state index contributed by atoms with van der Waals surface area (Å²) in [5.74, 6) is -1.41. The molecule has 5 nitrogen and oxygen atoms in total. The fraction of sp³-hybridized carbons (Fsp3) is 0.308. The first-order chi connectivity index (χ1) is 8.61. The fourth-order valence-electron chi connectivity index (χ4n) is 1.61. The molecule has 1 aromatic rings. The van der Waals surface area contributed by atoms with Gasteiger partial charge in [-0.1, -0.05) is 18.2 Å². The zero-order chi connectivity index (χ0) is 13.5. The number of likely N-dealkylation sites (N-methyl/N-ethyl adjacent to an activating group) is 1. The van der Waals surface area contributed by atoms with Gasteiger partial charge in [-0.25, -0.2) is 0 Å². The van der Waals surface area contributed by atoms with E-state index in [-0.39, 0.29) is 6.54 Å². The molecule has 0 saturated heterocycles. The second-order valence-corrected chi connectivity index (χ2v) is 3.68. The van der Waals surface area contributed by atoms with E-state index in [0.29, 0.717) is 12.2 Å². The van der Waals surface area contributed by atoms with Crippen molar-refractivity contribution >= 4 is 17.5 Å². The van der Waals surface area contributed by atoms with Gasteiger partial charge in [0.05, 0.1) is 6.07 Å². The van der Waals surface area contributed by atoms with Crippen molar-refractivity contribution in [1.82, 2.24) is 5.32 Å². The molecule has 0 aromatic heterocycles. The van der Waals surface area contributed by atoms with Crippen molar-refractivity contribution in [3.05, 3.63) is 29.8 Å². The van der Waals surface area contributed by atoms with Crippen LogP contribution >= 0.6 is 0 Å². The van der Waals surface area contributed by atoms with Crippen LogP contribution in [0.15, 0.2) is 24.3 Å². The molecule has 0 spiro atoms. The lowest BCUT2D eigenvalue weighted by Crippen LogP contribution is -2.43. The largest absolute Gasteiger partial charge is 0.335 e. The minimum absolute atomic E-state index is 0.171. The molecule has 5 heteroatoms. The molecule has 0 bridgehead atoms. The Morgan fingerprint density at radius 2 is 2.06 bits per heavy atom. The third-order valence-corrected chi connectivity index (χ3v) is 2.49. The standard InChI is InChI=1S/C13H15N3O2/c1-3-16(11-7-5-4-6-10(11)2)13(18)12(17)15-9-8-14/h4-7H,3,9H2,1-2H3,(H,15,17). The summed E-state index contributed by atoms with van der Waals surface area (Å²) in [6, 6.07) is 9.10. The van der Waals surface area contributed by atoms with Crippen LogP contribution in [0, 0.1) is 18.3 Å². The molecular weight excluding hydrogens is 230 g/mol. The van der Waals surface area contributed by atoms with Crippen LogP contribution in [0.5, 0.6) is 0 Å². The molecule has 0 aliphatic heterocycles. The number of rotatable bonds is 3. The first kappa shape index (κ1) is 13.7. The summed E-state index contributed by atoms with van der Waals surface area (Å²) < 4.78 is 0. The monoisotopic (exact) mass is 245 g/mol. The number of nitriles is 1. The predicted octanol–water partition coefficient (Wildman–Crippen LogP) is 0.988. The highest BCUT2D eigenvalue weighted by atomic mass is 16.2. The zero-order valence-electron chi connectivity index (χ0n) is 10.4. The first-order valence-corrected chi connectivity index (χ1v) is 5.64. The van der Waals surface area contributed by atoms with Gasteiger partial charge in [-0.3, -0.25) is 9.59 Å². The lowest BCUT2D eigenvalue weighted by atomic mass is 10.2. The van der Waals surface area contributed by atoms with Gasteiger partial charge in [0.1, 0.15) is 6.54 Å². The molecule has 0 aliphatic carbocycles. The molecule has 0 radical (unpaired) electrons. The number of anilines is 1. The Morgan fingerprint density at radius 3 is 2.61 bits per heavy atom. The smallest absolute Gasteiger partial charge is 0.316 e. The van der Waals surface area contributed by atoms with E-state index in [1.165, 1.54) is 4.90 Å². The fourth-order valence-corrected chi connectivity index (χ4v) is 1.61. The van der Waals surface area contributed by atoms with E-state index >= 15 is 0 Å². The number of aryl methyl sites for hydroxylation is 1. The number of para-hydroxylation sites is 1. The Balaban J connectivity index is 2.91. The number of carbonyl (C=O) groups excluding carboxylic acids is 2. The summed E-state index contributed by atoms with van der Waals surface area (Å²) in [4.78, 5) is 24.9. The normalized spacial score (nSPS) is 9.39. The molecular formula is C13H15N3O2. The Morgan fingerprint density at radius 1 is 1.39 bits per heavy atom. The maximum atomic E-state index is 11.9. The molecule has 0 atom stereocenters. The van der Waals surface area contributed by atoms with Gasteiger partial charge < -0.3 is 10.2 Å². The average Bonchev–Trinajstić information content (AvgIpc) is 2.38. The van der Waals surface area contributed by atoms with Gasteiger partial charge in [0.2, 0.25) is 0 Å². The number of nitrogens with zero attached hydrogens (tertiary/aromatic N) is 2. The number of hydrogen-bond donors (Lipinski definition) is 1. The van der Waals surface area contributed by atoms with Crippen LogP contribution in [0.4, 0.5) is 5.69 Å². The molecule has 0 fully saturated rings. The number of nitrogens with one attached hydrogen (secondary N) is 1. The van der Waals surface area contributed by atoms with E-state index in [2.05, 4.69) is 5.32 Å². The summed E-state index contributed by atoms with van der Waals surface area (Å²) in [6.07, 6.45) is 0. The van der Waals surface area contributed by atoms with Gasteiger partial charge in [-0.15, -0.1) is 0 Å². The maximum absolute atomic E-state index is 11.9. The van der Waals surface area contributed by atoms with Crippen LogP contribution in [0.1, 0.15) is 12.5 Å². The van der Waals surface area contributed by atoms with Crippen LogP contribution in [-0.4, -0.2) is 24.9 Å². The van der Waals surface area contributed by atoms with Crippen molar-refractivity contribution in [1.29, 1.82) is 5.26 Å². The number of hydrogen-bond acceptors (Lipinski definition) is 3. The highest BCUT2D eigenvalue weighted by Gasteiger charge is 2.22. The topological polar surface area (TPSA) is 73.2 Å². The lowest BCUT2D eigenvalue weighted by molar-refractivity contribution is -0.137. The first-order valence-electron chi connectivity index (χ1n) is 5.64. The van der Waals surface area contributed by atoms with Crippen molar-refractivity contribution in [3.8, 4) is 6.07 Å². The van der Waals surface area contributed by atoms with Crippen LogP contribution in [0.3, 0.4) is 0 Å². The molecule has 0 unspecified atom stereocenters. The Bertz CT molecular complexity index is 491. The minimum Gasteiger partial charge on any atom is -0.335 e. The molecule has 1 N–H and O–H groups in total. The van der Waals surface area contributed by atoms with Crippen molar-refractivity contribution in [2.45, 2.75) is 13.8 Å². The van der Waals surface area contributed by atoms with Gasteiger partial charge in [-0.2, -0.15) is 5.26 Å². The third kappa shape index (κ3) is 3.08. The highest BCUT2D eigenvalue weighted by molar-refractivity contribution is 6.40. The van der Waals surface area contributed by atoms with Crippen LogP contribution in [-0.2, 0) is 9.59 Å². The van der Waals surface area contributed by atoms with Crippen LogP contribution in [0.2, 0.25) is 0 Å². The number of benzene rings is 1. The Labute approximate surface area is 106 Å². The van der Waals surface area contributed by atoms with E-state index in [9.17, 15) is 9.59 Å². The number of amides is 2. The van der Waals surface area contributed by atoms with E-state index in [4.69, 9.17) is 5.26 Å². The quantitative estimate of drug-likeness (QED) is 0.637. The third-order valence-electron chi connectivity index (χ3n) is 2.49. The van der Waals surface area contributed by atoms with E-state index in [1.807, 2.05) is 25.1 Å². The van der Waals surface area contributed by atoms with Crippen molar-refractivity contribution in [2.75, 3.05) is 18.0 Å². The molecule has 0 heterocycles. The van der Waals surface area contributed by atoms with Crippen LogP contribution < -0.4 is 10.2 Å². The molecule has 94 valence electrons. The molecule has 1 rings (SSSR count). The zero-order valence-corrected chi connectivity index (χ0v) is 10.4. The second kappa shape index (κ2) is 6.40. The summed E-state index contributed by atoms with van der Waals surface area (Å²) in [5, 5.41) is 10.6. The van der Waals surface area contributed by atoms with Crippen molar-refractivity contribution in [3.63, 3.8) is 0 Å². The van der Waals surface area contributed by atoms with Gasteiger partial charge in [0.15, 0.2) is 0 Å². The molecule has 2 amide bonds. The van der Waals surface area contributed by atoms with Gasteiger partial charge in [-0.05, 0) is 25.5 Å². The van der Waals surface area contributed by atoms with Crippen LogP contribution in [0.25, 0.3) is 0 Å². The van der Waals surface area contributed by atoms with E-state index in [0.717, 1.165) is 5.56 Å². The summed E-state index contributed by atoms with van der Waals surface area (Å²) >= 11 is 0. The molecule has 1 aromatic carbocycles. The SMILES string of the molecule is CCN(C(=O)C(=O)NCC#N)c1ccccc1C. The number of carbonyl (C=O) groups is 2. The second-order valence-electron chi connectivity index (χ2n) is 3.68. The Hall–Kier alpha value is -2.35. The van der Waals surface area contributed by atoms with E-state index in [1.54, 1.807) is 19.1 Å². The molecule has 0 aliphatic rings. The average molecular weight is 245 g/mol. The molecule has 0 saturated carbocycles. The van der Waals surface area contributed by atoms with Gasteiger partial charge in [0, 0.05) is 12.2 Å². The molecule has 18 heavy (non-hydrogen) atoms. The predicted molar refractivity (Wildman–Crippen MR) is 67.8 cm³/mol. The summed E-state index contributed by atoms with van der Waals surface area (Å²) in [7, 11) is 0. The summed E-state index contributed by atoms with van der Waals surface area (Å²) in [5.41, 5.74) is 1.62. The van der Waals surface area contributed by atoms with Gasteiger partial charge in [0.25, 0.3) is 0 Å².